The van der Waals surface area contributed by atoms with Gasteiger partial charge in [-0.05, 0) is 35.7 Å². The first-order valence-electron chi connectivity index (χ1n) is 7.14. The number of aliphatic imine (C=N–C) groups is 1. The van der Waals surface area contributed by atoms with Crippen molar-refractivity contribution in [1.82, 2.24) is 10.6 Å². The number of sulfone groups is 1. The number of halogens is 1. The number of nitrogens with zero attached hydrogens (tertiary/aromatic N) is 1. The van der Waals surface area contributed by atoms with E-state index in [1.807, 2.05) is 6.92 Å². The predicted molar refractivity (Wildman–Crippen MR) is 106 cm³/mol. The summed E-state index contributed by atoms with van der Waals surface area (Å²) in [5, 5.41) is 10.6. The zero-order valence-electron chi connectivity index (χ0n) is 13.3. The van der Waals surface area contributed by atoms with Gasteiger partial charge in [0, 0.05) is 31.8 Å². The van der Waals surface area contributed by atoms with Gasteiger partial charge in [0.05, 0.1) is 5.75 Å². The Balaban J connectivity index is 0.00000441. The number of thiophene rings is 1. The topological polar surface area (TPSA) is 70.6 Å². The van der Waals surface area contributed by atoms with E-state index < -0.39 is 9.84 Å². The molecule has 0 saturated heterocycles. The Labute approximate surface area is 154 Å². The molecule has 128 valence electrons. The summed E-state index contributed by atoms with van der Waals surface area (Å²) in [7, 11) is -2.89. The Morgan fingerprint density at radius 1 is 1.41 bits per heavy atom. The molecule has 0 spiro atoms. The largest absolute Gasteiger partial charge is 0.357 e. The van der Waals surface area contributed by atoms with Crippen molar-refractivity contribution in [3.63, 3.8) is 0 Å². The minimum atomic E-state index is -2.89. The van der Waals surface area contributed by atoms with Crippen LogP contribution in [0.1, 0.15) is 31.7 Å². The molecule has 0 aliphatic heterocycles. The monoisotopic (exact) mass is 459 g/mol. The third-order valence-corrected chi connectivity index (χ3v) is 4.70. The van der Waals surface area contributed by atoms with Gasteiger partial charge in [0.25, 0.3) is 0 Å². The first-order valence-corrected chi connectivity index (χ1v) is 10.1. The summed E-state index contributed by atoms with van der Waals surface area (Å²) in [6, 6.07) is 2.12. The zero-order valence-corrected chi connectivity index (χ0v) is 17.3. The molecule has 1 rings (SSSR count). The van der Waals surface area contributed by atoms with Crippen LogP contribution >= 0.6 is 35.3 Å². The van der Waals surface area contributed by atoms with Gasteiger partial charge < -0.3 is 10.6 Å². The second-order valence-electron chi connectivity index (χ2n) is 5.09. The summed E-state index contributed by atoms with van der Waals surface area (Å²) in [6.45, 7) is 6.25. The van der Waals surface area contributed by atoms with Crippen molar-refractivity contribution in [2.24, 2.45) is 4.99 Å². The molecule has 1 unspecified atom stereocenters. The van der Waals surface area contributed by atoms with E-state index in [-0.39, 0.29) is 29.7 Å². The maximum Gasteiger partial charge on any atom is 0.191 e. The molecule has 0 aliphatic carbocycles. The minimum Gasteiger partial charge on any atom is -0.357 e. The molecule has 5 nitrogen and oxygen atoms in total. The molecule has 1 heterocycles. The van der Waals surface area contributed by atoms with Crippen LogP contribution in [0.5, 0.6) is 0 Å². The van der Waals surface area contributed by atoms with Crippen LogP contribution < -0.4 is 10.6 Å². The summed E-state index contributed by atoms with van der Waals surface area (Å²) in [5.74, 6) is 1.32. The Bertz CT molecular complexity index is 530. The van der Waals surface area contributed by atoms with Gasteiger partial charge in [-0.1, -0.05) is 6.92 Å². The van der Waals surface area contributed by atoms with Crippen molar-refractivity contribution in [1.29, 1.82) is 0 Å². The van der Waals surface area contributed by atoms with E-state index in [2.05, 4.69) is 39.4 Å². The molecule has 0 radical (unpaired) electrons. The van der Waals surface area contributed by atoms with Crippen molar-refractivity contribution < 1.29 is 8.42 Å². The average molecular weight is 459 g/mol. The normalized spacial score (nSPS) is 13.3. The van der Waals surface area contributed by atoms with E-state index in [1.54, 1.807) is 11.3 Å². The van der Waals surface area contributed by atoms with Crippen molar-refractivity contribution in [2.45, 2.75) is 26.2 Å². The van der Waals surface area contributed by atoms with Crippen LogP contribution in [-0.4, -0.2) is 46.0 Å². The van der Waals surface area contributed by atoms with E-state index in [4.69, 9.17) is 0 Å². The molecule has 0 aliphatic rings. The van der Waals surface area contributed by atoms with Crippen molar-refractivity contribution in [2.75, 3.05) is 31.6 Å². The van der Waals surface area contributed by atoms with Gasteiger partial charge in [0.15, 0.2) is 5.96 Å². The van der Waals surface area contributed by atoms with Crippen molar-refractivity contribution >= 4 is 51.1 Å². The summed E-state index contributed by atoms with van der Waals surface area (Å²) in [4.78, 5) is 4.55. The second-order valence-corrected chi connectivity index (χ2v) is 8.13. The highest BCUT2D eigenvalue weighted by Gasteiger charge is 2.06. The fraction of sp³-hybridized carbons (Fsp3) is 0.643. The van der Waals surface area contributed by atoms with E-state index in [0.717, 1.165) is 12.5 Å². The lowest BCUT2D eigenvalue weighted by Crippen LogP contribution is -2.38. The fourth-order valence-electron chi connectivity index (χ4n) is 1.77. The van der Waals surface area contributed by atoms with Crippen LogP contribution in [0.15, 0.2) is 21.8 Å². The zero-order chi connectivity index (χ0) is 15.7. The SMILES string of the molecule is CCNC(=NCC(C)c1ccsc1)NCCCS(C)(=O)=O.I. The molecule has 2 N–H and O–H groups in total. The van der Waals surface area contributed by atoms with Gasteiger partial charge in [-0.2, -0.15) is 11.3 Å². The van der Waals surface area contributed by atoms with Gasteiger partial charge in [-0.3, -0.25) is 4.99 Å². The highest BCUT2D eigenvalue weighted by Crippen LogP contribution is 2.18. The number of guanidine groups is 1. The van der Waals surface area contributed by atoms with Gasteiger partial charge in [-0.15, -0.1) is 24.0 Å². The minimum absolute atomic E-state index is 0. The van der Waals surface area contributed by atoms with Gasteiger partial charge in [0.2, 0.25) is 0 Å². The van der Waals surface area contributed by atoms with Gasteiger partial charge >= 0.3 is 0 Å². The number of nitrogens with one attached hydrogen (secondary N) is 2. The average Bonchev–Trinajstić information content (AvgIpc) is 2.93. The lowest BCUT2D eigenvalue weighted by Gasteiger charge is -2.13. The molecular weight excluding hydrogens is 433 g/mol. The summed E-state index contributed by atoms with van der Waals surface area (Å²) in [5.41, 5.74) is 1.30. The van der Waals surface area contributed by atoms with E-state index in [9.17, 15) is 8.42 Å². The molecule has 1 atom stereocenters. The molecule has 0 bridgehead atoms. The van der Waals surface area contributed by atoms with Crippen LogP contribution in [0.4, 0.5) is 0 Å². The maximum absolute atomic E-state index is 11.1. The Morgan fingerprint density at radius 3 is 2.68 bits per heavy atom. The van der Waals surface area contributed by atoms with Crippen LogP contribution in [0.3, 0.4) is 0 Å². The molecule has 0 amide bonds. The quantitative estimate of drug-likeness (QED) is 0.271. The van der Waals surface area contributed by atoms with Crippen LogP contribution in [0.2, 0.25) is 0 Å². The van der Waals surface area contributed by atoms with Crippen LogP contribution in [0.25, 0.3) is 0 Å². The molecule has 8 heteroatoms. The maximum atomic E-state index is 11.1. The molecule has 0 aromatic carbocycles. The molecule has 0 fully saturated rings. The molecule has 1 aromatic heterocycles. The first-order chi connectivity index (χ1) is 9.92. The summed E-state index contributed by atoms with van der Waals surface area (Å²) < 4.78 is 22.2. The molecule has 0 saturated carbocycles. The standard InChI is InChI=1S/C14H25N3O2S2.HI/c1-4-15-14(16-7-5-9-21(3,18)19)17-10-12(2)13-6-8-20-11-13;/h6,8,11-12H,4-5,7,9-10H2,1-3H3,(H2,15,16,17);1H. The predicted octanol–water partition coefficient (Wildman–Crippen LogP) is 2.46. The van der Waals surface area contributed by atoms with Crippen LogP contribution in [-0.2, 0) is 9.84 Å². The lowest BCUT2D eigenvalue weighted by atomic mass is 10.1. The molecule has 1 aromatic rings. The van der Waals surface area contributed by atoms with Gasteiger partial charge in [-0.25, -0.2) is 8.42 Å². The Morgan fingerprint density at radius 2 is 2.14 bits per heavy atom. The number of hydrogen-bond donors (Lipinski definition) is 2. The Hall–Kier alpha value is -0.350. The first kappa shape index (κ1) is 21.6. The van der Waals surface area contributed by atoms with E-state index in [0.29, 0.717) is 25.4 Å². The number of rotatable bonds is 8. The highest BCUT2D eigenvalue weighted by molar-refractivity contribution is 14.0. The third-order valence-electron chi connectivity index (χ3n) is 2.96. The molecular formula is C14H26IN3O2S2. The van der Waals surface area contributed by atoms with E-state index in [1.165, 1.54) is 11.8 Å². The third kappa shape index (κ3) is 9.62. The smallest absolute Gasteiger partial charge is 0.191 e. The van der Waals surface area contributed by atoms with E-state index >= 15 is 0 Å². The second kappa shape index (κ2) is 11.2. The summed E-state index contributed by atoms with van der Waals surface area (Å²) in [6.07, 6.45) is 1.85. The highest BCUT2D eigenvalue weighted by atomic mass is 127. The lowest BCUT2D eigenvalue weighted by molar-refractivity contribution is 0.598. The van der Waals surface area contributed by atoms with Crippen LogP contribution in [0, 0.1) is 0 Å². The number of hydrogen-bond acceptors (Lipinski definition) is 4. The van der Waals surface area contributed by atoms with Crippen molar-refractivity contribution in [3.8, 4) is 0 Å². The van der Waals surface area contributed by atoms with Crippen molar-refractivity contribution in [3.05, 3.63) is 22.4 Å². The molecule has 22 heavy (non-hydrogen) atoms. The summed E-state index contributed by atoms with van der Waals surface area (Å²) >= 11 is 1.69. The Kier molecular flexibility index (Phi) is 11.0. The van der Waals surface area contributed by atoms with Gasteiger partial charge in [0.1, 0.15) is 9.84 Å². The fourth-order valence-corrected chi connectivity index (χ4v) is 3.22.